The highest BCUT2D eigenvalue weighted by Crippen LogP contribution is 2.33. The van der Waals surface area contributed by atoms with Gasteiger partial charge in [-0.15, -0.1) is 0 Å². The van der Waals surface area contributed by atoms with E-state index in [4.69, 9.17) is 15.2 Å². The third-order valence-electron chi connectivity index (χ3n) is 5.50. The molecule has 0 spiro atoms. The van der Waals surface area contributed by atoms with Gasteiger partial charge in [-0.25, -0.2) is 9.97 Å². The Hall–Kier alpha value is -3.27. The number of nitrogens with two attached hydrogens (primary N) is 1. The molecule has 1 aromatic carbocycles. The molecule has 9 nitrogen and oxygen atoms in total. The molecule has 0 unspecified atom stereocenters. The van der Waals surface area contributed by atoms with Crippen molar-refractivity contribution >= 4 is 27.8 Å². The maximum atomic E-state index is 10.6. The van der Waals surface area contributed by atoms with Crippen molar-refractivity contribution in [3.63, 3.8) is 0 Å². The fourth-order valence-electron chi connectivity index (χ4n) is 3.83. The normalized spacial score (nSPS) is 24.0. The molecule has 4 aromatic rings. The summed E-state index contributed by atoms with van der Waals surface area (Å²) in [5, 5.41) is 22.8. The van der Waals surface area contributed by atoms with Crippen molar-refractivity contribution in [3.8, 4) is 5.75 Å². The van der Waals surface area contributed by atoms with E-state index in [0.29, 0.717) is 22.6 Å². The van der Waals surface area contributed by atoms with Gasteiger partial charge in [0.2, 0.25) is 0 Å². The number of benzene rings is 1. The third kappa shape index (κ3) is 3.04. The molecule has 0 aliphatic carbocycles. The lowest BCUT2D eigenvalue weighted by Gasteiger charge is -2.17. The van der Waals surface area contributed by atoms with Gasteiger partial charge in [-0.2, -0.15) is 0 Å². The van der Waals surface area contributed by atoms with Crippen LogP contribution in [0.5, 0.6) is 5.75 Å². The minimum atomic E-state index is -1.15. The lowest BCUT2D eigenvalue weighted by Crippen LogP contribution is -2.34. The number of aromatic nitrogens is 4. The van der Waals surface area contributed by atoms with Crippen LogP contribution in [-0.2, 0) is 4.74 Å². The molecule has 1 aliphatic heterocycles. The number of fused-ring (bicyclic) bond motifs is 2. The number of pyridine rings is 1. The van der Waals surface area contributed by atoms with E-state index in [1.807, 2.05) is 31.2 Å². The number of aryl methyl sites for hydroxylation is 1. The largest absolute Gasteiger partial charge is 0.491 e. The van der Waals surface area contributed by atoms with Gasteiger partial charge in [-0.05, 0) is 36.8 Å². The van der Waals surface area contributed by atoms with E-state index in [-0.39, 0.29) is 6.61 Å². The van der Waals surface area contributed by atoms with Crippen LogP contribution < -0.4 is 10.5 Å². The van der Waals surface area contributed by atoms with Crippen molar-refractivity contribution in [1.29, 1.82) is 0 Å². The maximum absolute atomic E-state index is 10.6. The number of aliphatic hydroxyl groups is 2. The SMILES string of the molecule is Cc1ccnc2cc(OC[C@H]3O[C@@H](n4ccc5c(N)ncnc54)[C@H](O)[C@@H]3O)ccc12. The van der Waals surface area contributed by atoms with Gasteiger partial charge in [0.15, 0.2) is 6.23 Å². The van der Waals surface area contributed by atoms with Crippen LogP contribution in [0.15, 0.2) is 49.1 Å². The highest BCUT2D eigenvalue weighted by Gasteiger charge is 2.44. The van der Waals surface area contributed by atoms with Crippen LogP contribution in [0.25, 0.3) is 21.9 Å². The van der Waals surface area contributed by atoms with Gasteiger partial charge in [0.1, 0.15) is 48.5 Å². The number of hydrogen-bond donors (Lipinski definition) is 3. The summed E-state index contributed by atoms with van der Waals surface area (Å²) >= 11 is 0. The minimum absolute atomic E-state index is 0.0718. The molecule has 30 heavy (non-hydrogen) atoms. The summed E-state index contributed by atoms with van der Waals surface area (Å²) in [6.07, 6.45) is 1.01. The first kappa shape index (κ1) is 18.7. The van der Waals surface area contributed by atoms with Gasteiger partial charge < -0.3 is 30.0 Å². The molecule has 0 amide bonds. The average Bonchev–Trinajstić information content (AvgIpc) is 3.29. The zero-order valence-electron chi connectivity index (χ0n) is 16.2. The summed E-state index contributed by atoms with van der Waals surface area (Å²) in [4.78, 5) is 12.5. The fourth-order valence-corrected chi connectivity index (χ4v) is 3.83. The molecular weight excluding hydrogens is 386 g/mol. The van der Waals surface area contributed by atoms with Crippen LogP contribution in [-0.4, -0.2) is 54.7 Å². The van der Waals surface area contributed by atoms with Crippen LogP contribution in [0.1, 0.15) is 11.8 Å². The number of hydrogen-bond acceptors (Lipinski definition) is 8. The van der Waals surface area contributed by atoms with E-state index in [1.54, 1.807) is 23.0 Å². The number of rotatable bonds is 4. The molecule has 154 valence electrons. The molecule has 5 rings (SSSR count). The number of ether oxygens (including phenoxy) is 2. The highest BCUT2D eigenvalue weighted by molar-refractivity contribution is 5.86. The maximum Gasteiger partial charge on any atom is 0.164 e. The number of aliphatic hydroxyl groups excluding tert-OH is 2. The second kappa shape index (κ2) is 7.21. The monoisotopic (exact) mass is 407 g/mol. The van der Waals surface area contributed by atoms with Crippen LogP contribution in [0.2, 0.25) is 0 Å². The Morgan fingerprint density at radius 2 is 1.97 bits per heavy atom. The van der Waals surface area contributed by atoms with Crippen LogP contribution in [0, 0.1) is 6.92 Å². The Kier molecular flexibility index (Phi) is 4.50. The Morgan fingerprint density at radius 3 is 2.83 bits per heavy atom. The quantitative estimate of drug-likeness (QED) is 0.465. The smallest absolute Gasteiger partial charge is 0.164 e. The molecule has 4 heterocycles. The number of nitrogens with zero attached hydrogens (tertiary/aromatic N) is 4. The summed E-state index contributed by atoms with van der Waals surface area (Å²) in [5.41, 5.74) is 8.36. The fraction of sp³-hybridized carbons (Fsp3) is 0.286. The molecule has 0 saturated carbocycles. The van der Waals surface area contributed by atoms with Gasteiger partial charge in [-0.3, -0.25) is 4.98 Å². The summed E-state index contributed by atoms with van der Waals surface area (Å²) in [7, 11) is 0. The molecule has 4 atom stereocenters. The van der Waals surface area contributed by atoms with Gasteiger partial charge in [0.05, 0.1) is 10.9 Å². The summed E-state index contributed by atoms with van der Waals surface area (Å²) in [6.45, 7) is 2.10. The predicted molar refractivity (Wildman–Crippen MR) is 110 cm³/mol. The zero-order valence-corrected chi connectivity index (χ0v) is 16.2. The first-order chi connectivity index (χ1) is 14.5. The second-order valence-electron chi connectivity index (χ2n) is 7.38. The Bertz CT molecular complexity index is 1230. The second-order valence-corrected chi connectivity index (χ2v) is 7.38. The first-order valence-corrected chi connectivity index (χ1v) is 9.59. The molecule has 1 aliphatic rings. The molecule has 0 bridgehead atoms. The van der Waals surface area contributed by atoms with E-state index >= 15 is 0 Å². The summed E-state index contributed by atoms with van der Waals surface area (Å²) < 4.78 is 13.4. The van der Waals surface area contributed by atoms with Crippen molar-refractivity contribution in [1.82, 2.24) is 19.5 Å². The number of nitrogen functional groups attached to an aromatic ring is 1. The van der Waals surface area contributed by atoms with E-state index in [9.17, 15) is 10.2 Å². The van der Waals surface area contributed by atoms with Crippen LogP contribution in [0.3, 0.4) is 0 Å². The zero-order chi connectivity index (χ0) is 20.8. The van der Waals surface area contributed by atoms with Gasteiger partial charge in [-0.1, -0.05) is 0 Å². The van der Waals surface area contributed by atoms with Gasteiger partial charge in [0, 0.05) is 23.8 Å². The average molecular weight is 407 g/mol. The lowest BCUT2D eigenvalue weighted by atomic mass is 10.1. The summed E-state index contributed by atoms with van der Waals surface area (Å²) in [5.74, 6) is 0.952. The van der Waals surface area contributed by atoms with Crippen LogP contribution >= 0.6 is 0 Å². The topological polar surface area (TPSA) is 129 Å². The summed E-state index contributed by atoms with van der Waals surface area (Å²) in [6, 6.07) is 9.35. The standard InChI is InChI=1S/C21H21N5O4/c1-11-4-6-23-15-8-12(2-3-13(11)15)29-9-16-17(27)18(28)21(30-16)26-7-5-14-19(22)24-10-25-20(14)26/h2-8,10,16-18,21,27-28H,9H2,1H3,(H2,22,24,25)/t16-,17-,18-,21-/m1/s1. The molecule has 4 N–H and O–H groups in total. The van der Waals surface area contributed by atoms with E-state index in [1.165, 1.54) is 6.33 Å². The Labute approximate surface area is 171 Å². The van der Waals surface area contributed by atoms with E-state index < -0.39 is 24.5 Å². The predicted octanol–water partition coefficient (Wildman–Crippen LogP) is 1.57. The molecule has 1 fully saturated rings. The van der Waals surface area contributed by atoms with Crippen molar-refractivity contribution in [2.75, 3.05) is 12.3 Å². The van der Waals surface area contributed by atoms with Crippen molar-refractivity contribution < 1.29 is 19.7 Å². The molecule has 9 heteroatoms. The van der Waals surface area contributed by atoms with Crippen molar-refractivity contribution in [2.45, 2.75) is 31.5 Å². The minimum Gasteiger partial charge on any atom is -0.491 e. The molecular formula is C21H21N5O4. The van der Waals surface area contributed by atoms with Gasteiger partial charge in [0.25, 0.3) is 0 Å². The van der Waals surface area contributed by atoms with E-state index in [0.717, 1.165) is 16.5 Å². The Balaban J connectivity index is 1.34. The van der Waals surface area contributed by atoms with Gasteiger partial charge >= 0.3 is 0 Å². The third-order valence-corrected chi connectivity index (χ3v) is 5.50. The lowest BCUT2D eigenvalue weighted by molar-refractivity contribution is -0.0471. The first-order valence-electron chi connectivity index (χ1n) is 9.59. The van der Waals surface area contributed by atoms with E-state index in [2.05, 4.69) is 15.0 Å². The number of anilines is 1. The van der Waals surface area contributed by atoms with Crippen LogP contribution in [0.4, 0.5) is 5.82 Å². The molecule has 1 saturated heterocycles. The van der Waals surface area contributed by atoms with Crippen molar-refractivity contribution in [2.24, 2.45) is 0 Å². The molecule has 0 radical (unpaired) electrons. The highest BCUT2D eigenvalue weighted by atomic mass is 16.6. The van der Waals surface area contributed by atoms with Crippen molar-refractivity contribution in [3.05, 3.63) is 54.6 Å². The Morgan fingerprint density at radius 1 is 1.10 bits per heavy atom. The molecule has 3 aromatic heterocycles.